The van der Waals surface area contributed by atoms with Gasteiger partial charge in [0.05, 0.1) is 5.69 Å². The van der Waals surface area contributed by atoms with Crippen LogP contribution in [0.15, 0.2) is 66.7 Å². The molecule has 1 aromatic heterocycles. The lowest BCUT2D eigenvalue weighted by molar-refractivity contribution is 0.106. The van der Waals surface area contributed by atoms with Crippen molar-refractivity contribution in [2.75, 3.05) is 44.2 Å². The maximum absolute atomic E-state index is 10.9. The van der Waals surface area contributed by atoms with Crippen molar-refractivity contribution in [1.29, 1.82) is 0 Å². The summed E-state index contributed by atoms with van der Waals surface area (Å²) in [5.41, 5.74) is 15.0. The molecule has 8 heteroatoms. The van der Waals surface area contributed by atoms with E-state index in [0.29, 0.717) is 18.9 Å². The van der Waals surface area contributed by atoms with Gasteiger partial charge in [-0.05, 0) is 48.4 Å². The van der Waals surface area contributed by atoms with E-state index in [1.165, 1.54) is 10.5 Å². The number of aromatic nitrogens is 1. The maximum atomic E-state index is 10.9. The summed E-state index contributed by atoms with van der Waals surface area (Å²) < 4.78 is 0. The molecule has 2 heterocycles. The number of carbonyl (C=O) groups is 1. The van der Waals surface area contributed by atoms with E-state index in [1.54, 1.807) is 30.3 Å². The molecule has 168 valence electrons. The van der Waals surface area contributed by atoms with Crippen LogP contribution >= 0.6 is 11.6 Å². The van der Waals surface area contributed by atoms with E-state index in [2.05, 4.69) is 34.1 Å². The van der Waals surface area contributed by atoms with Crippen molar-refractivity contribution in [2.45, 2.75) is 6.42 Å². The fourth-order valence-corrected chi connectivity index (χ4v) is 3.49. The minimum Gasteiger partial charge on any atom is -0.465 e. The summed E-state index contributed by atoms with van der Waals surface area (Å²) in [6, 6.07) is 21.1. The SMILES string of the molecule is Nc1ccc(Cl)cc1.Nc1cccc(-c2ccc(CCN3CCN(C(=O)O)CC3)cc2)n1. The minimum absolute atomic E-state index is 0.525. The lowest BCUT2D eigenvalue weighted by Crippen LogP contribution is -2.48. The van der Waals surface area contributed by atoms with Crippen LogP contribution in [-0.2, 0) is 6.42 Å². The number of pyridine rings is 1. The molecule has 1 aliphatic heterocycles. The van der Waals surface area contributed by atoms with Crippen LogP contribution in [0.1, 0.15) is 5.56 Å². The van der Waals surface area contributed by atoms with E-state index in [1.807, 2.05) is 12.1 Å². The zero-order valence-electron chi connectivity index (χ0n) is 17.8. The highest BCUT2D eigenvalue weighted by Gasteiger charge is 2.19. The molecule has 2 aromatic carbocycles. The number of carboxylic acid groups (broad SMARTS) is 1. The molecule has 0 spiro atoms. The molecule has 0 bridgehead atoms. The quantitative estimate of drug-likeness (QED) is 0.513. The van der Waals surface area contributed by atoms with Crippen LogP contribution in [-0.4, -0.2) is 58.7 Å². The highest BCUT2D eigenvalue weighted by Crippen LogP contribution is 2.19. The van der Waals surface area contributed by atoms with Crippen LogP contribution in [0.25, 0.3) is 11.3 Å². The molecular weight excluding hydrogens is 426 g/mol. The van der Waals surface area contributed by atoms with Crippen LogP contribution in [0.2, 0.25) is 5.02 Å². The molecule has 0 radical (unpaired) electrons. The topological polar surface area (TPSA) is 109 Å². The van der Waals surface area contributed by atoms with Gasteiger partial charge in [-0.3, -0.25) is 4.90 Å². The van der Waals surface area contributed by atoms with Crippen molar-refractivity contribution in [3.8, 4) is 11.3 Å². The van der Waals surface area contributed by atoms with E-state index in [4.69, 9.17) is 28.2 Å². The molecule has 3 aromatic rings. The Balaban J connectivity index is 0.000000305. The van der Waals surface area contributed by atoms with Gasteiger partial charge < -0.3 is 21.5 Å². The number of nitrogens with two attached hydrogens (primary N) is 2. The van der Waals surface area contributed by atoms with Crippen molar-refractivity contribution in [2.24, 2.45) is 0 Å². The number of benzene rings is 2. The second kappa shape index (κ2) is 11.4. The van der Waals surface area contributed by atoms with Gasteiger partial charge in [-0.1, -0.05) is 41.9 Å². The first-order valence-corrected chi connectivity index (χ1v) is 10.8. The van der Waals surface area contributed by atoms with E-state index in [9.17, 15) is 4.79 Å². The first-order chi connectivity index (χ1) is 15.4. The number of hydrogen-bond donors (Lipinski definition) is 3. The molecule has 1 aliphatic rings. The van der Waals surface area contributed by atoms with E-state index < -0.39 is 6.09 Å². The number of nitrogen functional groups attached to an aromatic ring is 2. The number of halogens is 1. The minimum atomic E-state index is -0.819. The van der Waals surface area contributed by atoms with Crippen LogP contribution in [0.3, 0.4) is 0 Å². The first-order valence-electron chi connectivity index (χ1n) is 10.4. The summed E-state index contributed by atoms with van der Waals surface area (Å²) in [7, 11) is 0. The third-order valence-electron chi connectivity index (χ3n) is 5.25. The van der Waals surface area contributed by atoms with E-state index in [0.717, 1.165) is 48.0 Å². The largest absolute Gasteiger partial charge is 0.465 e. The first kappa shape index (κ1) is 23.4. The third-order valence-corrected chi connectivity index (χ3v) is 5.50. The maximum Gasteiger partial charge on any atom is 0.407 e. The van der Waals surface area contributed by atoms with Crippen molar-refractivity contribution < 1.29 is 9.90 Å². The zero-order valence-corrected chi connectivity index (χ0v) is 18.6. The highest BCUT2D eigenvalue weighted by molar-refractivity contribution is 6.30. The molecule has 7 nitrogen and oxygen atoms in total. The number of amides is 1. The number of rotatable bonds is 4. The second-order valence-electron chi connectivity index (χ2n) is 7.56. The molecule has 4 rings (SSSR count). The number of hydrogen-bond acceptors (Lipinski definition) is 5. The van der Waals surface area contributed by atoms with Crippen molar-refractivity contribution in [3.63, 3.8) is 0 Å². The van der Waals surface area contributed by atoms with Crippen molar-refractivity contribution in [1.82, 2.24) is 14.8 Å². The Kier molecular flexibility index (Phi) is 8.30. The molecule has 1 amide bonds. The number of piperazine rings is 1. The van der Waals surface area contributed by atoms with Gasteiger partial charge >= 0.3 is 6.09 Å². The fraction of sp³-hybridized carbons (Fsp3) is 0.250. The Hall–Kier alpha value is -3.29. The summed E-state index contributed by atoms with van der Waals surface area (Å²) in [4.78, 5) is 19.0. The van der Waals surface area contributed by atoms with Crippen molar-refractivity contribution in [3.05, 3.63) is 77.3 Å². The summed E-state index contributed by atoms with van der Waals surface area (Å²) in [5, 5.41) is 9.69. The fourth-order valence-electron chi connectivity index (χ4n) is 3.37. The molecule has 5 N–H and O–H groups in total. The molecule has 1 fully saturated rings. The van der Waals surface area contributed by atoms with Crippen LogP contribution in [0.4, 0.5) is 16.3 Å². The third kappa shape index (κ3) is 7.14. The molecule has 32 heavy (non-hydrogen) atoms. The zero-order chi connectivity index (χ0) is 22.9. The predicted octanol–water partition coefficient (Wildman–Crippen LogP) is 4.09. The number of anilines is 2. The van der Waals surface area contributed by atoms with Crippen LogP contribution in [0.5, 0.6) is 0 Å². The van der Waals surface area contributed by atoms with Gasteiger partial charge in [0, 0.05) is 49.0 Å². The van der Waals surface area contributed by atoms with Crippen molar-refractivity contribution >= 4 is 29.2 Å². The average Bonchev–Trinajstić information content (AvgIpc) is 2.81. The van der Waals surface area contributed by atoms with Gasteiger partial charge in [0.1, 0.15) is 5.82 Å². The van der Waals surface area contributed by atoms with Gasteiger partial charge in [0.25, 0.3) is 0 Å². The Morgan fingerprint density at radius 3 is 2.16 bits per heavy atom. The average molecular weight is 454 g/mol. The van der Waals surface area contributed by atoms with Gasteiger partial charge in [-0.15, -0.1) is 0 Å². The summed E-state index contributed by atoms with van der Waals surface area (Å²) >= 11 is 5.56. The molecule has 0 unspecified atom stereocenters. The normalized spacial score (nSPS) is 13.8. The Bertz CT molecular complexity index is 983. The lowest BCUT2D eigenvalue weighted by atomic mass is 10.1. The smallest absolute Gasteiger partial charge is 0.407 e. The Morgan fingerprint density at radius 2 is 1.59 bits per heavy atom. The summed E-state index contributed by atoms with van der Waals surface area (Å²) in [6.45, 7) is 3.74. The lowest BCUT2D eigenvalue weighted by Gasteiger charge is -2.33. The van der Waals surface area contributed by atoms with Gasteiger partial charge in [0.2, 0.25) is 0 Å². The van der Waals surface area contributed by atoms with Crippen LogP contribution in [0, 0.1) is 0 Å². The summed E-state index contributed by atoms with van der Waals surface area (Å²) in [6.07, 6.45) is 0.137. The monoisotopic (exact) mass is 453 g/mol. The molecular formula is C24H28ClN5O2. The predicted molar refractivity (Wildman–Crippen MR) is 130 cm³/mol. The van der Waals surface area contributed by atoms with Gasteiger partial charge in [0.15, 0.2) is 0 Å². The van der Waals surface area contributed by atoms with Gasteiger partial charge in [-0.2, -0.15) is 0 Å². The molecule has 0 aliphatic carbocycles. The molecule has 0 saturated carbocycles. The van der Waals surface area contributed by atoms with E-state index >= 15 is 0 Å². The van der Waals surface area contributed by atoms with E-state index in [-0.39, 0.29) is 0 Å². The molecule has 0 atom stereocenters. The van der Waals surface area contributed by atoms with Crippen LogP contribution < -0.4 is 11.5 Å². The summed E-state index contributed by atoms with van der Waals surface area (Å²) in [5.74, 6) is 0.525. The highest BCUT2D eigenvalue weighted by atomic mass is 35.5. The standard InChI is InChI=1S/C18H22N4O2.C6H6ClN/c19-17-3-1-2-16(20-17)15-6-4-14(5-7-15)8-9-21-10-12-22(13-11-21)18(23)24;7-5-1-3-6(8)4-2-5/h1-7H,8-13H2,(H2,19,20)(H,23,24);1-4H,8H2. The van der Waals surface area contributed by atoms with Gasteiger partial charge in [-0.25, -0.2) is 9.78 Å². The number of nitrogens with zero attached hydrogens (tertiary/aromatic N) is 3. The molecule has 1 saturated heterocycles. The second-order valence-corrected chi connectivity index (χ2v) is 7.99. The Morgan fingerprint density at radius 1 is 0.938 bits per heavy atom. The Labute approximate surface area is 193 Å².